The minimum Gasteiger partial charge on any atom is -0.345 e. The zero-order valence-corrected chi connectivity index (χ0v) is 14.1. The van der Waals surface area contributed by atoms with E-state index in [1.807, 2.05) is 0 Å². The molecule has 2 aromatic carbocycles. The van der Waals surface area contributed by atoms with Crippen LogP contribution in [0.25, 0.3) is 0 Å². The average molecular weight is 374 g/mol. The molecule has 0 spiro atoms. The largest absolute Gasteiger partial charge is 0.345 e. The van der Waals surface area contributed by atoms with E-state index in [1.54, 1.807) is 25.1 Å². The van der Waals surface area contributed by atoms with Crippen LogP contribution in [0.3, 0.4) is 0 Å². The van der Waals surface area contributed by atoms with Gasteiger partial charge in [0.1, 0.15) is 0 Å². The Hall–Kier alpha value is -1.82. The van der Waals surface area contributed by atoms with E-state index in [0.29, 0.717) is 15.6 Å². The van der Waals surface area contributed by atoms with E-state index in [4.69, 9.17) is 34.8 Å². The topological polar surface area (TPSA) is 72.2 Å². The third kappa shape index (κ3) is 4.13. The second kappa shape index (κ2) is 7.17. The number of amides is 1. The molecule has 0 bridgehead atoms. The van der Waals surface area contributed by atoms with Crippen LogP contribution in [0.4, 0.5) is 5.69 Å². The Morgan fingerprint density at radius 1 is 1.13 bits per heavy atom. The zero-order chi connectivity index (χ0) is 17.1. The molecule has 0 fully saturated rings. The minimum absolute atomic E-state index is 0.00565. The molecule has 0 unspecified atom stereocenters. The summed E-state index contributed by atoms with van der Waals surface area (Å²) in [4.78, 5) is 22.4. The highest BCUT2D eigenvalue weighted by Crippen LogP contribution is 2.27. The number of benzene rings is 2. The van der Waals surface area contributed by atoms with Crippen LogP contribution in [0.5, 0.6) is 0 Å². The molecule has 0 saturated heterocycles. The molecule has 2 aromatic rings. The van der Waals surface area contributed by atoms with Crippen molar-refractivity contribution in [2.24, 2.45) is 0 Å². The van der Waals surface area contributed by atoms with Crippen LogP contribution in [-0.4, -0.2) is 10.8 Å². The van der Waals surface area contributed by atoms with E-state index in [-0.39, 0.29) is 16.3 Å². The Labute approximate surface area is 147 Å². The van der Waals surface area contributed by atoms with Gasteiger partial charge in [-0.2, -0.15) is 0 Å². The van der Waals surface area contributed by atoms with Gasteiger partial charge in [-0.15, -0.1) is 0 Å². The molecular formula is C15H11Cl3N2O3. The molecule has 1 atom stereocenters. The number of nitrogens with zero attached hydrogens (tertiary/aromatic N) is 1. The van der Waals surface area contributed by atoms with E-state index in [1.165, 1.54) is 12.1 Å². The Morgan fingerprint density at radius 2 is 1.83 bits per heavy atom. The number of nitro benzene ring substituents is 1. The molecule has 0 heterocycles. The number of nitro groups is 1. The van der Waals surface area contributed by atoms with Crippen molar-refractivity contribution in [3.63, 3.8) is 0 Å². The SMILES string of the molecule is C[C@@H](NC(=O)c1ccc([N+](=O)[O-])cc1Cl)c1ccc(Cl)cc1Cl. The van der Waals surface area contributed by atoms with E-state index in [2.05, 4.69) is 5.32 Å². The first-order valence-corrected chi connectivity index (χ1v) is 7.62. The summed E-state index contributed by atoms with van der Waals surface area (Å²) < 4.78 is 0. The molecule has 0 radical (unpaired) electrons. The van der Waals surface area contributed by atoms with Gasteiger partial charge in [0.15, 0.2) is 0 Å². The molecule has 0 aliphatic heterocycles. The Balaban J connectivity index is 2.20. The van der Waals surface area contributed by atoms with Crippen molar-refractivity contribution in [1.82, 2.24) is 5.32 Å². The highest BCUT2D eigenvalue weighted by molar-refractivity contribution is 6.35. The van der Waals surface area contributed by atoms with Crippen molar-refractivity contribution in [2.45, 2.75) is 13.0 Å². The van der Waals surface area contributed by atoms with Crippen LogP contribution < -0.4 is 5.32 Å². The van der Waals surface area contributed by atoms with Crippen LogP contribution in [-0.2, 0) is 0 Å². The lowest BCUT2D eigenvalue weighted by Gasteiger charge is -2.16. The summed E-state index contributed by atoms with van der Waals surface area (Å²) in [7, 11) is 0. The van der Waals surface area contributed by atoms with Gasteiger partial charge in [-0.25, -0.2) is 0 Å². The van der Waals surface area contributed by atoms with Crippen LogP contribution >= 0.6 is 34.8 Å². The summed E-state index contributed by atoms with van der Waals surface area (Å²) in [6.45, 7) is 1.76. The van der Waals surface area contributed by atoms with Crippen LogP contribution in [0, 0.1) is 10.1 Å². The number of carbonyl (C=O) groups is 1. The maximum Gasteiger partial charge on any atom is 0.270 e. The number of non-ortho nitro benzene ring substituents is 1. The smallest absolute Gasteiger partial charge is 0.270 e. The summed E-state index contributed by atoms with van der Waals surface area (Å²) in [5, 5.41) is 14.4. The quantitative estimate of drug-likeness (QED) is 0.602. The Bertz CT molecular complexity index is 781. The molecule has 0 saturated carbocycles. The molecular weight excluding hydrogens is 363 g/mol. The minimum atomic E-state index is -0.580. The van der Waals surface area contributed by atoms with E-state index < -0.39 is 16.9 Å². The molecule has 0 aliphatic rings. The number of rotatable bonds is 4. The van der Waals surface area contributed by atoms with Crippen molar-refractivity contribution in [3.05, 3.63) is 72.7 Å². The van der Waals surface area contributed by atoms with E-state index in [0.717, 1.165) is 6.07 Å². The Morgan fingerprint density at radius 3 is 2.39 bits per heavy atom. The van der Waals surface area contributed by atoms with Gasteiger partial charge in [0.05, 0.1) is 21.6 Å². The average Bonchev–Trinajstić information content (AvgIpc) is 2.46. The first-order chi connectivity index (χ1) is 10.8. The lowest BCUT2D eigenvalue weighted by atomic mass is 10.1. The first kappa shape index (κ1) is 17.5. The molecule has 8 heteroatoms. The van der Waals surface area contributed by atoms with Crippen molar-refractivity contribution in [3.8, 4) is 0 Å². The molecule has 1 amide bonds. The molecule has 0 aromatic heterocycles. The van der Waals surface area contributed by atoms with Gasteiger partial charge >= 0.3 is 0 Å². The van der Waals surface area contributed by atoms with Gasteiger partial charge in [0.2, 0.25) is 0 Å². The van der Waals surface area contributed by atoms with Crippen LogP contribution in [0.1, 0.15) is 28.9 Å². The number of hydrogen-bond donors (Lipinski definition) is 1. The zero-order valence-electron chi connectivity index (χ0n) is 11.8. The standard InChI is InChI=1S/C15H11Cl3N2O3/c1-8(11-4-2-9(16)6-13(11)17)19-15(21)12-5-3-10(20(22)23)7-14(12)18/h2-8H,1H3,(H,19,21)/t8-/m1/s1. The monoisotopic (exact) mass is 372 g/mol. The molecule has 120 valence electrons. The van der Waals surface area contributed by atoms with Gasteiger partial charge in [-0.1, -0.05) is 40.9 Å². The van der Waals surface area contributed by atoms with Crippen molar-refractivity contribution in [2.75, 3.05) is 0 Å². The normalized spacial score (nSPS) is 11.8. The van der Waals surface area contributed by atoms with E-state index >= 15 is 0 Å². The second-order valence-electron chi connectivity index (χ2n) is 4.78. The lowest BCUT2D eigenvalue weighted by molar-refractivity contribution is -0.384. The number of hydrogen-bond acceptors (Lipinski definition) is 3. The maximum atomic E-state index is 12.3. The number of carbonyl (C=O) groups excluding carboxylic acids is 1. The van der Waals surface area contributed by atoms with Crippen molar-refractivity contribution >= 4 is 46.4 Å². The van der Waals surface area contributed by atoms with Gasteiger partial charge in [-0.3, -0.25) is 14.9 Å². The van der Waals surface area contributed by atoms with E-state index in [9.17, 15) is 14.9 Å². The fourth-order valence-electron chi connectivity index (χ4n) is 2.01. The highest BCUT2D eigenvalue weighted by Gasteiger charge is 2.18. The van der Waals surface area contributed by atoms with Crippen LogP contribution in [0.2, 0.25) is 15.1 Å². The predicted octanol–water partition coefficient (Wildman–Crippen LogP) is 5.05. The second-order valence-corrected chi connectivity index (χ2v) is 6.03. The summed E-state index contributed by atoms with van der Waals surface area (Å²) >= 11 is 17.9. The highest BCUT2D eigenvalue weighted by atomic mass is 35.5. The molecule has 1 N–H and O–H groups in total. The van der Waals surface area contributed by atoms with Crippen molar-refractivity contribution in [1.29, 1.82) is 0 Å². The first-order valence-electron chi connectivity index (χ1n) is 6.49. The summed E-state index contributed by atoms with van der Waals surface area (Å²) in [5.41, 5.74) is 0.664. The summed E-state index contributed by atoms with van der Waals surface area (Å²) in [6, 6.07) is 8.25. The molecule has 5 nitrogen and oxygen atoms in total. The van der Waals surface area contributed by atoms with Crippen LogP contribution in [0.15, 0.2) is 36.4 Å². The fourth-order valence-corrected chi connectivity index (χ4v) is 2.84. The molecule has 0 aliphatic carbocycles. The Kier molecular flexibility index (Phi) is 5.46. The van der Waals surface area contributed by atoms with Gasteiger partial charge in [-0.05, 0) is 30.7 Å². The predicted molar refractivity (Wildman–Crippen MR) is 90.4 cm³/mol. The fraction of sp³-hybridized carbons (Fsp3) is 0.133. The van der Waals surface area contributed by atoms with Gasteiger partial charge in [0.25, 0.3) is 11.6 Å². The molecule has 23 heavy (non-hydrogen) atoms. The van der Waals surface area contributed by atoms with Gasteiger partial charge < -0.3 is 5.32 Å². The number of nitrogens with one attached hydrogen (secondary N) is 1. The maximum absolute atomic E-state index is 12.3. The third-order valence-corrected chi connectivity index (χ3v) is 4.06. The summed E-state index contributed by atoms with van der Waals surface area (Å²) in [5.74, 6) is -0.455. The summed E-state index contributed by atoms with van der Waals surface area (Å²) in [6.07, 6.45) is 0. The number of halogens is 3. The molecule has 2 rings (SSSR count). The van der Waals surface area contributed by atoms with Gasteiger partial charge in [0, 0.05) is 22.2 Å². The third-order valence-electron chi connectivity index (χ3n) is 3.18. The lowest BCUT2D eigenvalue weighted by Crippen LogP contribution is -2.27. The van der Waals surface area contributed by atoms with Crippen molar-refractivity contribution < 1.29 is 9.72 Å².